The summed E-state index contributed by atoms with van der Waals surface area (Å²) in [6, 6.07) is 0. The lowest BCUT2D eigenvalue weighted by Crippen LogP contribution is -2.34. The third-order valence-corrected chi connectivity index (χ3v) is 1.98. The lowest BCUT2D eigenvalue weighted by atomic mass is 10.4. The van der Waals surface area contributed by atoms with Gasteiger partial charge >= 0.3 is 19.5 Å². The van der Waals surface area contributed by atoms with Gasteiger partial charge in [-0.25, -0.2) is 0 Å². The molecule has 92 valence electrons. The maximum atomic E-state index is 10.4. The van der Waals surface area contributed by atoms with Gasteiger partial charge in [0.25, 0.3) is 0 Å². The van der Waals surface area contributed by atoms with E-state index in [1.54, 1.807) is 0 Å². The van der Waals surface area contributed by atoms with E-state index in [4.69, 9.17) is 20.0 Å². The van der Waals surface area contributed by atoms with Gasteiger partial charge in [-0.1, -0.05) is 6.08 Å². The van der Waals surface area contributed by atoms with Crippen LogP contribution in [0.15, 0.2) is 11.9 Å². The molecule has 4 N–H and O–H groups in total. The van der Waals surface area contributed by atoms with Crippen LogP contribution in [0.5, 0.6) is 0 Å². The summed E-state index contributed by atoms with van der Waals surface area (Å²) in [7, 11) is -4.29. The number of carboxylic acids is 2. The number of nitrogens with zero attached hydrogens (tertiary/aromatic N) is 1. The molecular weight excluding hydrogens is 241 g/mol. The molecule has 0 fully saturated rings. The largest absolute Gasteiger partial charge is 0.480 e. The van der Waals surface area contributed by atoms with Crippen molar-refractivity contribution in [1.82, 2.24) is 4.90 Å². The van der Waals surface area contributed by atoms with Crippen LogP contribution in [0.2, 0.25) is 0 Å². The van der Waals surface area contributed by atoms with Gasteiger partial charge in [-0.2, -0.15) is 0 Å². The van der Waals surface area contributed by atoms with E-state index < -0.39 is 32.6 Å². The Balaban J connectivity index is 4.32. The summed E-state index contributed by atoms with van der Waals surface area (Å²) in [5.41, 5.74) is 0. The van der Waals surface area contributed by atoms with Gasteiger partial charge < -0.3 is 20.0 Å². The van der Waals surface area contributed by atoms with Gasteiger partial charge in [0.2, 0.25) is 0 Å². The first kappa shape index (κ1) is 14.8. The molecule has 9 heteroatoms. The van der Waals surface area contributed by atoms with Crippen molar-refractivity contribution in [3.8, 4) is 0 Å². The molecule has 0 saturated carbocycles. The Hall–Kier alpha value is -1.21. The SMILES string of the molecule is O=C(O)CN(CC=CP(=O)(O)O)CC(=O)O. The van der Waals surface area contributed by atoms with E-state index in [1.165, 1.54) is 0 Å². The lowest BCUT2D eigenvalue weighted by molar-refractivity contribution is -0.141. The van der Waals surface area contributed by atoms with Crippen molar-refractivity contribution in [2.24, 2.45) is 0 Å². The molecule has 0 unspecified atom stereocenters. The summed E-state index contributed by atoms with van der Waals surface area (Å²) in [5, 5.41) is 16.9. The zero-order chi connectivity index (χ0) is 12.8. The van der Waals surface area contributed by atoms with Crippen LogP contribution in [0.25, 0.3) is 0 Å². The third-order valence-electron chi connectivity index (χ3n) is 1.38. The number of rotatable bonds is 7. The van der Waals surface area contributed by atoms with Crippen molar-refractivity contribution in [2.45, 2.75) is 0 Å². The quantitative estimate of drug-likeness (QED) is 0.431. The van der Waals surface area contributed by atoms with Gasteiger partial charge in [-0.05, 0) is 0 Å². The van der Waals surface area contributed by atoms with Crippen LogP contribution in [-0.4, -0.2) is 56.5 Å². The highest BCUT2D eigenvalue weighted by atomic mass is 31.2. The molecule has 0 aromatic carbocycles. The minimum atomic E-state index is -4.29. The smallest absolute Gasteiger partial charge is 0.348 e. The zero-order valence-corrected chi connectivity index (χ0v) is 9.08. The van der Waals surface area contributed by atoms with Crippen molar-refractivity contribution < 1.29 is 34.2 Å². The first-order valence-corrected chi connectivity index (χ1v) is 5.78. The topological polar surface area (TPSA) is 135 Å². The Labute approximate surface area is 91.0 Å². The second-order valence-electron chi connectivity index (χ2n) is 2.93. The highest BCUT2D eigenvalue weighted by Gasteiger charge is 2.12. The zero-order valence-electron chi connectivity index (χ0n) is 8.18. The Morgan fingerprint density at radius 3 is 1.88 bits per heavy atom. The summed E-state index contributed by atoms with van der Waals surface area (Å²) >= 11 is 0. The molecule has 0 aromatic rings. The van der Waals surface area contributed by atoms with Crippen LogP contribution >= 0.6 is 7.60 Å². The molecule has 0 radical (unpaired) electrons. The molecule has 0 spiro atoms. The minimum Gasteiger partial charge on any atom is -0.480 e. The third kappa shape index (κ3) is 9.35. The second-order valence-corrected chi connectivity index (χ2v) is 4.41. The van der Waals surface area contributed by atoms with Crippen molar-refractivity contribution in [3.05, 3.63) is 11.9 Å². The van der Waals surface area contributed by atoms with Gasteiger partial charge in [0.05, 0.1) is 13.1 Å². The van der Waals surface area contributed by atoms with E-state index in [9.17, 15) is 14.2 Å². The Kier molecular flexibility index (Phi) is 5.91. The fourth-order valence-electron chi connectivity index (χ4n) is 0.901. The fourth-order valence-corrected chi connectivity index (χ4v) is 1.27. The number of hydrogen-bond donors (Lipinski definition) is 4. The van der Waals surface area contributed by atoms with E-state index in [-0.39, 0.29) is 6.54 Å². The van der Waals surface area contributed by atoms with Crippen LogP contribution in [0.4, 0.5) is 0 Å². The molecule has 0 saturated heterocycles. The van der Waals surface area contributed by atoms with Crippen molar-refractivity contribution in [1.29, 1.82) is 0 Å². The summed E-state index contributed by atoms with van der Waals surface area (Å²) in [4.78, 5) is 38.6. The van der Waals surface area contributed by atoms with Crippen LogP contribution < -0.4 is 0 Å². The van der Waals surface area contributed by atoms with E-state index in [2.05, 4.69) is 0 Å². The number of carboxylic acid groups (broad SMARTS) is 2. The molecule has 0 rings (SSSR count). The highest BCUT2D eigenvalue weighted by molar-refractivity contribution is 7.55. The molecule has 16 heavy (non-hydrogen) atoms. The van der Waals surface area contributed by atoms with Crippen molar-refractivity contribution in [3.63, 3.8) is 0 Å². The van der Waals surface area contributed by atoms with Crippen LogP contribution in [0.1, 0.15) is 0 Å². The predicted molar refractivity (Wildman–Crippen MR) is 52.9 cm³/mol. The highest BCUT2D eigenvalue weighted by Crippen LogP contribution is 2.35. The van der Waals surface area contributed by atoms with Gasteiger partial charge in [0.15, 0.2) is 0 Å². The number of aliphatic carboxylic acids is 2. The van der Waals surface area contributed by atoms with Gasteiger partial charge in [-0.15, -0.1) is 0 Å². The normalized spacial score (nSPS) is 12.2. The monoisotopic (exact) mass is 253 g/mol. The summed E-state index contributed by atoms with van der Waals surface area (Å²) < 4.78 is 10.4. The summed E-state index contributed by atoms with van der Waals surface area (Å²) in [6.45, 7) is -1.20. The Morgan fingerprint density at radius 1 is 1.12 bits per heavy atom. The van der Waals surface area contributed by atoms with Crippen LogP contribution in [0.3, 0.4) is 0 Å². The Bertz CT molecular complexity index is 318. The molecule has 0 amide bonds. The molecule has 0 aliphatic heterocycles. The standard InChI is InChI=1S/C7H12NO7P/c9-6(10)4-8(5-7(11)12)2-1-3-16(13,14)15/h1,3H,2,4-5H2,(H,9,10)(H,11,12)(H2,13,14,15). The molecule has 8 nitrogen and oxygen atoms in total. The minimum absolute atomic E-state index is 0.163. The van der Waals surface area contributed by atoms with Gasteiger partial charge in [-0.3, -0.25) is 19.1 Å². The van der Waals surface area contributed by atoms with Gasteiger partial charge in [0.1, 0.15) is 0 Å². The van der Waals surface area contributed by atoms with Gasteiger partial charge in [0, 0.05) is 12.4 Å². The van der Waals surface area contributed by atoms with Crippen molar-refractivity contribution in [2.75, 3.05) is 19.6 Å². The average Bonchev–Trinajstić information content (AvgIpc) is 1.98. The fraction of sp³-hybridized carbons (Fsp3) is 0.429. The first-order chi connectivity index (χ1) is 7.20. The van der Waals surface area contributed by atoms with Crippen LogP contribution in [0, 0.1) is 0 Å². The first-order valence-electron chi connectivity index (χ1n) is 4.09. The van der Waals surface area contributed by atoms with E-state index in [0.717, 1.165) is 11.0 Å². The Morgan fingerprint density at radius 2 is 1.56 bits per heavy atom. The lowest BCUT2D eigenvalue weighted by Gasteiger charge is -2.15. The maximum absolute atomic E-state index is 10.4. The van der Waals surface area contributed by atoms with E-state index >= 15 is 0 Å². The molecule has 0 aliphatic carbocycles. The molecule has 0 atom stereocenters. The molecule has 0 bridgehead atoms. The molecule has 0 aliphatic rings. The van der Waals surface area contributed by atoms with E-state index in [0.29, 0.717) is 5.82 Å². The molecule has 0 aromatic heterocycles. The van der Waals surface area contributed by atoms with Crippen LogP contribution in [-0.2, 0) is 14.2 Å². The van der Waals surface area contributed by atoms with E-state index in [1.807, 2.05) is 0 Å². The van der Waals surface area contributed by atoms with Crippen molar-refractivity contribution >= 4 is 19.5 Å². The molecular formula is C7H12NO7P. The number of hydrogen-bond acceptors (Lipinski definition) is 4. The number of carbonyl (C=O) groups is 2. The summed E-state index contributed by atoms with van der Waals surface area (Å²) in [5.74, 6) is -1.83. The maximum Gasteiger partial charge on any atom is 0.348 e. The molecule has 0 heterocycles. The average molecular weight is 253 g/mol. The summed E-state index contributed by atoms with van der Waals surface area (Å²) in [6.07, 6.45) is 1.03. The second kappa shape index (κ2) is 6.39. The predicted octanol–water partition coefficient (Wildman–Crippen LogP) is -0.851.